The number of aromatic nitrogens is 1. The van der Waals surface area contributed by atoms with Crippen molar-refractivity contribution < 1.29 is 22.5 Å². The molecule has 0 unspecified atom stereocenters. The monoisotopic (exact) mass is 524 g/mol. The Kier molecular flexibility index (Phi) is 9.27. The molecule has 1 amide bonds. The maximum atomic E-state index is 11.8. The molecule has 1 heterocycles. The molecule has 0 saturated carbocycles. The van der Waals surface area contributed by atoms with Crippen molar-refractivity contribution in [1.29, 1.82) is 0 Å². The number of halogens is 1. The van der Waals surface area contributed by atoms with Crippen molar-refractivity contribution in [2.45, 2.75) is 50.8 Å². The Bertz CT molecular complexity index is 1260. The number of hydrogen-bond donors (Lipinski definition) is 1. The second kappa shape index (κ2) is 12.0. The predicted octanol–water partition coefficient (Wildman–Crippen LogP) is 5.18. The van der Waals surface area contributed by atoms with Crippen LogP contribution < -0.4 is 9.46 Å². The molecule has 0 radical (unpaired) electrons. The van der Waals surface area contributed by atoms with Gasteiger partial charge < -0.3 is 9.26 Å². The summed E-state index contributed by atoms with van der Waals surface area (Å²) in [6, 6.07) is 9.34. The van der Waals surface area contributed by atoms with Crippen LogP contribution in [0.25, 0.3) is 11.0 Å². The number of amides is 1. The molecule has 0 aliphatic rings. The molecule has 1 aromatic heterocycles. The van der Waals surface area contributed by atoms with Gasteiger partial charge in [-0.2, -0.15) is 0 Å². The van der Waals surface area contributed by atoms with Gasteiger partial charge in [-0.25, -0.2) is 8.42 Å². The minimum Gasteiger partial charge on any atom is -0.493 e. The molecular weight excluding hydrogens is 496 g/mol. The van der Waals surface area contributed by atoms with Gasteiger partial charge in [0.2, 0.25) is 15.9 Å². The number of sulfonamides is 1. The minimum absolute atomic E-state index is 0.0546. The highest BCUT2D eigenvalue weighted by molar-refractivity contribution is 7.99. The van der Waals surface area contributed by atoms with Crippen LogP contribution in [0.15, 0.2) is 39.8 Å². The molecule has 7 nitrogen and oxygen atoms in total. The normalized spacial score (nSPS) is 11.6. The second-order valence-electron chi connectivity index (χ2n) is 7.94. The summed E-state index contributed by atoms with van der Waals surface area (Å²) in [4.78, 5) is 12.7. The van der Waals surface area contributed by atoms with Crippen molar-refractivity contribution in [3.05, 3.63) is 52.2 Å². The Hall–Kier alpha value is -2.23. The number of nitrogens with one attached hydrogen (secondary N) is 1. The number of ether oxygens (including phenoxy) is 1. The molecule has 0 atom stereocenters. The van der Waals surface area contributed by atoms with Gasteiger partial charge in [0.15, 0.2) is 5.58 Å². The first-order valence-electron chi connectivity index (χ1n) is 11.2. The highest BCUT2D eigenvalue weighted by atomic mass is 35.5. The first-order chi connectivity index (χ1) is 16.2. The van der Waals surface area contributed by atoms with Crippen LogP contribution in [0.2, 0.25) is 5.02 Å². The van der Waals surface area contributed by atoms with Gasteiger partial charge in [0, 0.05) is 21.6 Å². The van der Waals surface area contributed by atoms with Crippen molar-refractivity contribution in [1.82, 2.24) is 9.88 Å². The Balaban J connectivity index is 1.52. The summed E-state index contributed by atoms with van der Waals surface area (Å²) in [5.41, 5.74) is 3.51. The number of nitrogens with zero attached hydrogens (tertiary/aromatic N) is 1. The molecule has 34 heavy (non-hydrogen) atoms. The molecule has 0 aliphatic heterocycles. The standard InChI is InChI=1S/C24H29ClN2O5S2/c1-4-7-18-21(10-9-17-20(5-2)26-32-24(17)18)31-12-6-13-33-22-11-8-16(14-19(22)25)15-23(28)27-34(3,29)30/h8-11,14H,4-7,12-13,15H2,1-3H3,(H,27,28). The summed E-state index contributed by atoms with van der Waals surface area (Å²) < 4.78 is 36.0. The Morgan fingerprint density at radius 3 is 2.71 bits per heavy atom. The van der Waals surface area contributed by atoms with E-state index in [2.05, 4.69) is 19.0 Å². The van der Waals surface area contributed by atoms with Crippen molar-refractivity contribution in [2.75, 3.05) is 18.6 Å². The van der Waals surface area contributed by atoms with Gasteiger partial charge in [0.1, 0.15) is 5.75 Å². The van der Waals surface area contributed by atoms with E-state index < -0.39 is 15.9 Å². The van der Waals surface area contributed by atoms with Crippen LogP contribution in [0, 0.1) is 0 Å². The number of benzene rings is 2. The van der Waals surface area contributed by atoms with Crippen molar-refractivity contribution >= 4 is 50.3 Å². The van der Waals surface area contributed by atoms with E-state index in [0.717, 1.165) is 70.6 Å². The quantitative estimate of drug-likeness (QED) is 0.257. The average Bonchev–Trinajstić information content (AvgIpc) is 3.18. The number of thioether (sulfide) groups is 1. The van der Waals surface area contributed by atoms with Gasteiger partial charge in [-0.05, 0) is 49.1 Å². The van der Waals surface area contributed by atoms with E-state index >= 15 is 0 Å². The van der Waals surface area contributed by atoms with E-state index in [4.69, 9.17) is 20.9 Å². The molecule has 0 spiro atoms. The summed E-state index contributed by atoms with van der Waals surface area (Å²) >= 11 is 7.97. The Labute approximate surface area is 209 Å². The fourth-order valence-corrected chi connectivity index (χ4v) is 5.29. The third-order valence-corrected chi connectivity index (χ3v) is 7.26. The summed E-state index contributed by atoms with van der Waals surface area (Å²) in [6.07, 6.45) is 4.39. The fraction of sp³-hybridized carbons (Fsp3) is 0.417. The van der Waals surface area contributed by atoms with Crippen molar-refractivity contribution in [3.63, 3.8) is 0 Å². The topological polar surface area (TPSA) is 98.5 Å². The molecule has 0 bridgehead atoms. The SMILES string of the molecule is CCCc1c(OCCCSc2ccc(CC(=O)NS(C)(=O)=O)cc2Cl)ccc2c(CC)noc12. The summed E-state index contributed by atoms with van der Waals surface area (Å²) in [6.45, 7) is 4.75. The number of carbonyl (C=O) groups excluding carboxylic acids is 1. The zero-order valence-electron chi connectivity index (χ0n) is 19.5. The lowest BCUT2D eigenvalue weighted by atomic mass is 10.0. The number of hydrogen-bond acceptors (Lipinski definition) is 7. The Morgan fingerprint density at radius 1 is 1.24 bits per heavy atom. The first kappa shape index (κ1) is 26.4. The molecule has 184 valence electrons. The number of carbonyl (C=O) groups is 1. The van der Waals surface area contributed by atoms with E-state index in [1.807, 2.05) is 22.9 Å². The van der Waals surface area contributed by atoms with Gasteiger partial charge in [0.25, 0.3) is 0 Å². The lowest BCUT2D eigenvalue weighted by molar-refractivity contribution is -0.118. The third-order valence-electron chi connectivity index (χ3n) is 5.07. The van der Waals surface area contributed by atoms with E-state index in [0.29, 0.717) is 17.2 Å². The smallest absolute Gasteiger partial charge is 0.237 e. The minimum atomic E-state index is -3.57. The largest absolute Gasteiger partial charge is 0.493 e. The van der Waals surface area contributed by atoms with Crippen LogP contribution in [0.4, 0.5) is 0 Å². The van der Waals surface area contributed by atoms with Gasteiger partial charge in [0.05, 0.1) is 30.0 Å². The average molecular weight is 525 g/mol. The van der Waals surface area contributed by atoms with Crippen LogP contribution in [-0.2, 0) is 34.1 Å². The molecule has 0 saturated heterocycles. The second-order valence-corrected chi connectivity index (χ2v) is 11.2. The number of rotatable bonds is 12. The molecule has 1 N–H and O–H groups in total. The Morgan fingerprint density at radius 2 is 2.03 bits per heavy atom. The van der Waals surface area contributed by atoms with Crippen LogP contribution in [-0.4, -0.2) is 38.1 Å². The van der Waals surface area contributed by atoms with Gasteiger partial charge in [-0.1, -0.05) is 43.1 Å². The van der Waals surface area contributed by atoms with E-state index in [-0.39, 0.29) is 6.42 Å². The highest BCUT2D eigenvalue weighted by Gasteiger charge is 2.16. The lowest BCUT2D eigenvalue weighted by Gasteiger charge is -2.12. The molecule has 0 fully saturated rings. The molecule has 2 aromatic carbocycles. The first-order valence-corrected chi connectivity index (χ1v) is 14.4. The molecule has 10 heteroatoms. The summed E-state index contributed by atoms with van der Waals surface area (Å²) in [5.74, 6) is 1.06. The van der Waals surface area contributed by atoms with Crippen LogP contribution in [0.3, 0.4) is 0 Å². The maximum Gasteiger partial charge on any atom is 0.237 e. The van der Waals surface area contributed by atoms with E-state index in [9.17, 15) is 13.2 Å². The highest BCUT2D eigenvalue weighted by Crippen LogP contribution is 2.32. The fourth-order valence-electron chi connectivity index (χ4n) is 3.59. The summed E-state index contributed by atoms with van der Waals surface area (Å²) in [7, 11) is -3.57. The van der Waals surface area contributed by atoms with Crippen molar-refractivity contribution in [3.8, 4) is 5.75 Å². The summed E-state index contributed by atoms with van der Waals surface area (Å²) in [5, 5.41) is 5.78. The zero-order chi connectivity index (χ0) is 24.7. The van der Waals surface area contributed by atoms with Gasteiger partial charge >= 0.3 is 0 Å². The zero-order valence-corrected chi connectivity index (χ0v) is 21.9. The van der Waals surface area contributed by atoms with Gasteiger partial charge in [-0.3, -0.25) is 9.52 Å². The number of fused-ring (bicyclic) bond motifs is 1. The molecular formula is C24H29ClN2O5S2. The molecule has 0 aliphatic carbocycles. The van der Waals surface area contributed by atoms with Crippen molar-refractivity contribution in [2.24, 2.45) is 0 Å². The van der Waals surface area contributed by atoms with Crippen LogP contribution in [0.5, 0.6) is 5.75 Å². The molecule has 3 aromatic rings. The number of aryl methyl sites for hydroxylation is 2. The van der Waals surface area contributed by atoms with Crippen LogP contribution >= 0.6 is 23.4 Å². The third kappa shape index (κ3) is 7.13. The molecule has 3 rings (SSSR count). The van der Waals surface area contributed by atoms with Gasteiger partial charge in [-0.15, -0.1) is 11.8 Å². The lowest BCUT2D eigenvalue weighted by Crippen LogP contribution is -2.30. The maximum absolute atomic E-state index is 11.8. The van der Waals surface area contributed by atoms with E-state index in [1.165, 1.54) is 0 Å². The van der Waals surface area contributed by atoms with E-state index in [1.54, 1.807) is 23.9 Å². The van der Waals surface area contributed by atoms with Crippen LogP contribution in [0.1, 0.15) is 43.5 Å². The predicted molar refractivity (Wildman–Crippen MR) is 136 cm³/mol.